The summed E-state index contributed by atoms with van der Waals surface area (Å²) in [5.41, 5.74) is 1.06. The van der Waals surface area contributed by atoms with Gasteiger partial charge in [0, 0.05) is 31.1 Å². The third-order valence-electron chi connectivity index (χ3n) is 4.04. The van der Waals surface area contributed by atoms with Gasteiger partial charge in [0.25, 0.3) is 0 Å². The van der Waals surface area contributed by atoms with Gasteiger partial charge in [0.1, 0.15) is 17.3 Å². The SMILES string of the molecule is COc1ccc(CNc2nnc3n2CCCCC3)c(OC)c1. The molecule has 1 aliphatic rings. The molecule has 6 heteroatoms. The van der Waals surface area contributed by atoms with E-state index in [1.807, 2.05) is 18.2 Å². The first-order chi connectivity index (χ1) is 10.8. The maximum absolute atomic E-state index is 5.43. The van der Waals surface area contributed by atoms with Crippen LogP contribution in [0.15, 0.2) is 18.2 Å². The number of benzene rings is 1. The fourth-order valence-corrected chi connectivity index (χ4v) is 2.79. The molecule has 0 unspecified atom stereocenters. The smallest absolute Gasteiger partial charge is 0.224 e. The maximum atomic E-state index is 5.43. The molecule has 0 amide bonds. The Bertz CT molecular complexity index is 639. The average molecular weight is 302 g/mol. The first-order valence-corrected chi connectivity index (χ1v) is 7.68. The van der Waals surface area contributed by atoms with Gasteiger partial charge in [-0.15, -0.1) is 10.2 Å². The van der Waals surface area contributed by atoms with Crippen LogP contribution in [0.1, 0.15) is 30.7 Å². The van der Waals surface area contributed by atoms with E-state index in [1.165, 1.54) is 19.3 Å². The van der Waals surface area contributed by atoms with Crippen molar-refractivity contribution in [2.24, 2.45) is 0 Å². The van der Waals surface area contributed by atoms with Crippen LogP contribution >= 0.6 is 0 Å². The highest BCUT2D eigenvalue weighted by atomic mass is 16.5. The molecular weight excluding hydrogens is 280 g/mol. The van der Waals surface area contributed by atoms with Crippen molar-refractivity contribution in [2.45, 2.75) is 38.8 Å². The molecule has 0 saturated heterocycles. The lowest BCUT2D eigenvalue weighted by Crippen LogP contribution is -2.09. The number of aryl methyl sites for hydroxylation is 1. The molecule has 1 aromatic carbocycles. The Balaban J connectivity index is 1.74. The molecule has 3 rings (SSSR count). The molecule has 0 bridgehead atoms. The van der Waals surface area contributed by atoms with Crippen molar-refractivity contribution in [1.82, 2.24) is 14.8 Å². The summed E-state index contributed by atoms with van der Waals surface area (Å²) in [6.07, 6.45) is 4.66. The molecule has 2 heterocycles. The minimum atomic E-state index is 0.644. The number of ether oxygens (including phenoxy) is 2. The second-order valence-electron chi connectivity index (χ2n) is 5.43. The summed E-state index contributed by atoms with van der Waals surface area (Å²) in [6.45, 7) is 1.63. The van der Waals surface area contributed by atoms with Crippen LogP contribution in [-0.4, -0.2) is 29.0 Å². The van der Waals surface area contributed by atoms with Crippen LogP contribution in [-0.2, 0) is 19.5 Å². The molecule has 1 N–H and O–H groups in total. The summed E-state index contributed by atoms with van der Waals surface area (Å²) in [5.74, 6) is 3.52. The summed E-state index contributed by atoms with van der Waals surface area (Å²) in [6, 6.07) is 5.83. The third-order valence-corrected chi connectivity index (χ3v) is 4.04. The average Bonchev–Trinajstić information content (AvgIpc) is 2.79. The van der Waals surface area contributed by atoms with Crippen LogP contribution in [0.5, 0.6) is 11.5 Å². The third kappa shape index (κ3) is 3.00. The fraction of sp³-hybridized carbons (Fsp3) is 0.500. The lowest BCUT2D eigenvalue weighted by Gasteiger charge is -2.12. The summed E-state index contributed by atoms with van der Waals surface area (Å²) < 4.78 is 12.8. The normalized spacial score (nSPS) is 14.1. The highest BCUT2D eigenvalue weighted by molar-refractivity contribution is 5.42. The molecule has 0 saturated carbocycles. The van der Waals surface area contributed by atoms with Crippen LogP contribution in [0.3, 0.4) is 0 Å². The molecule has 118 valence electrons. The number of hydrogen-bond acceptors (Lipinski definition) is 5. The maximum Gasteiger partial charge on any atom is 0.224 e. The predicted octanol–water partition coefficient (Wildman–Crippen LogP) is 2.63. The zero-order chi connectivity index (χ0) is 15.4. The number of nitrogens with zero attached hydrogens (tertiary/aromatic N) is 3. The Hall–Kier alpha value is -2.24. The number of anilines is 1. The Morgan fingerprint density at radius 1 is 1.14 bits per heavy atom. The van der Waals surface area contributed by atoms with Gasteiger partial charge >= 0.3 is 0 Å². The van der Waals surface area contributed by atoms with E-state index in [4.69, 9.17) is 9.47 Å². The van der Waals surface area contributed by atoms with Crippen molar-refractivity contribution in [3.8, 4) is 11.5 Å². The summed E-state index contributed by atoms with van der Waals surface area (Å²) in [7, 11) is 3.32. The number of rotatable bonds is 5. The van der Waals surface area contributed by atoms with Crippen molar-refractivity contribution in [3.05, 3.63) is 29.6 Å². The highest BCUT2D eigenvalue weighted by Gasteiger charge is 2.14. The Morgan fingerprint density at radius 2 is 2.05 bits per heavy atom. The Morgan fingerprint density at radius 3 is 2.86 bits per heavy atom. The van der Waals surface area contributed by atoms with E-state index >= 15 is 0 Å². The van der Waals surface area contributed by atoms with E-state index in [0.29, 0.717) is 6.54 Å². The van der Waals surface area contributed by atoms with Gasteiger partial charge in [0.2, 0.25) is 5.95 Å². The van der Waals surface area contributed by atoms with Crippen LogP contribution in [0.2, 0.25) is 0 Å². The minimum Gasteiger partial charge on any atom is -0.497 e. The topological polar surface area (TPSA) is 61.2 Å². The number of hydrogen-bond donors (Lipinski definition) is 1. The van der Waals surface area contributed by atoms with Crippen molar-refractivity contribution >= 4 is 5.95 Å². The molecule has 22 heavy (non-hydrogen) atoms. The molecule has 0 radical (unpaired) electrons. The van der Waals surface area contributed by atoms with Gasteiger partial charge in [-0.25, -0.2) is 0 Å². The molecule has 2 aromatic rings. The molecule has 0 fully saturated rings. The zero-order valence-electron chi connectivity index (χ0n) is 13.1. The van der Waals surface area contributed by atoms with Crippen LogP contribution in [0.25, 0.3) is 0 Å². The van der Waals surface area contributed by atoms with Crippen LogP contribution in [0, 0.1) is 0 Å². The number of methoxy groups -OCH3 is 2. The van der Waals surface area contributed by atoms with E-state index < -0.39 is 0 Å². The van der Waals surface area contributed by atoms with E-state index in [-0.39, 0.29) is 0 Å². The zero-order valence-corrected chi connectivity index (χ0v) is 13.1. The summed E-state index contributed by atoms with van der Waals surface area (Å²) in [4.78, 5) is 0. The second-order valence-corrected chi connectivity index (χ2v) is 5.43. The van der Waals surface area contributed by atoms with E-state index in [1.54, 1.807) is 14.2 Å². The molecule has 1 aromatic heterocycles. The molecule has 0 aliphatic carbocycles. The summed E-state index contributed by atoms with van der Waals surface area (Å²) in [5, 5.41) is 12.0. The van der Waals surface area contributed by atoms with E-state index in [0.717, 1.165) is 41.8 Å². The first kappa shape index (κ1) is 14.7. The Labute approximate surface area is 130 Å². The van der Waals surface area contributed by atoms with E-state index in [9.17, 15) is 0 Å². The van der Waals surface area contributed by atoms with Crippen LogP contribution in [0.4, 0.5) is 5.95 Å². The Kier molecular flexibility index (Phi) is 4.46. The molecule has 6 nitrogen and oxygen atoms in total. The predicted molar refractivity (Wildman–Crippen MR) is 84.4 cm³/mol. The number of nitrogens with one attached hydrogen (secondary N) is 1. The van der Waals surface area contributed by atoms with Gasteiger partial charge in [-0.1, -0.05) is 6.42 Å². The van der Waals surface area contributed by atoms with E-state index in [2.05, 4.69) is 20.1 Å². The minimum absolute atomic E-state index is 0.644. The van der Waals surface area contributed by atoms with Crippen LogP contribution < -0.4 is 14.8 Å². The van der Waals surface area contributed by atoms with Gasteiger partial charge in [-0.2, -0.15) is 0 Å². The standard InChI is InChI=1S/C16H22N4O2/c1-21-13-8-7-12(14(10-13)22-2)11-17-16-19-18-15-6-4-3-5-9-20(15)16/h7-8,10H,3-6,9,11H2,1-2H3,(H,17,19). The molecule has 0 atom stereocenters. The fourth-order valence-electron chi connectivity index (χ4n) is 2.79. The molecule has 0 spiro atoms. The van der Waals surface area contributed by atoms with Gasteiger partial charge in [-0.05, 0) is 25.0 Å². The van der Waals surface area contributed by atoms with Crippen molar-refractivity contribution in [2.75, 3.05) is 19.5 Å². The number of aromatic nitrogens is 3. The lowest BCUT2D eigenvalue weighted by molar-refractivity contribution is 0.391. The quantitative estimate of drug-likeness (QED) is 0.920. The molecular formula is C16H22N4O2. The van der Waals surface area contributed by atoms with Gasteiger partial charge in [0.15, 0.2) is 0 Å². The van der Waals surface area contributed by atoms with Crippen molar-refractivity contribution < 1.29 is 9.47 Å². The molecule has 1 aliphatic heterocycles. The van der Waals surface area contributed by atoms with Crippen molar-refractivity contribution in [3.63, 3.8) is 0 Å². The van der Waals surface area contributed by atoms with Gasteiger partial charge < -0.3 is 14.8 Å². The first-order valence-electron chi connectivity index (χ1n) is 7.68. The number of fused-ring (bicyclic) bond motifs is 1. The van der Waals surface area contributed by atoms with Gasteiger partial charge in [0.05, 0.1) is 14.2 Å². The second kappa shape index (κ2) is 6.68. The lowest BCUT2D eigenvalue weighted by atomic mass is 10.2. The van der Waals surface area contributed by atoms with Crippen molar-refractivity contribution in [1.29, 1.82) is 0 Å². The van der Waals surface area contributed by atoms with Gasteiger partial charge in [-0.3, -0.25) is 4.57 Å². The largest absolute Gasteiger partial charge is 0.497 e. The monoisotopic (exact) mass is 302 g/mol. The summed E-state index contributed by atoms with van der Waals surface area (Å²) >= 11 is 0. The highest BCUT2D eigenvalue weighted by Crippen LogP contribution is 2.25.